The summed E-state index contributed by atoms with van der Waals surface area (Å²) in [5.41, 5.74) is 3.45. The molecular formula is C27H23ClFN7O2. The SMILES string of the molecule is CCOc1cc(-c2ccc(N3C[C@@H]4[C@H](C3)[C@H]4NC(=O)c3c(F)cccc3Cl)nc2)c2c3cn[nH]c3nn2c1. The second-order valence-corrected chi connectivity index (χ2v) is 10.1. The fraction of sp³-hybridized carbons (Fsp3) is 0.259. The molecule has 0 spiro atoms. The molecule has 1 aliphatic heterocycles. The van der Waals surface area contributed by atoms with Crippen LogP contribution in [0.15, 0.2) is 55.0 Å². The summed E-state index contributed by atoms with van der Waals surface area (Å²) in [7, 11) is 0. The molecule has 4 aromatic heterocycles. The van der Waals surface area contributed by atoms with Crippen molar-refractivity contribution in [1.82, 2.24) is 30.1 Å². The summed E-state index contributed by atoms with van der Waals surface area (Å²) in [4.78, 5) is 19.6. The van der Waals surface area contributed by atoms with Gasteiger partial charge in [-0.05, 0) is 37.3 Å². The van der Waals surface area contributed by atoms with E-state index in [1.807, 2.05) is 36.0 Å². The molecule has 2 N–H and O–H groups in total. The summed E-state index contributed by atoms with van der Waals surface area (Å²) in [6.07, 6.45) is 5.50. The predicted octanol–water partition coefficient (Wildman–Crippen LogP) is 4.33. The number of carbonyl (C=O) groups is 1. The van der Waals surface area contributed by atoms with E-state index in [1.54, 1.807) is 6.20 Å². The molecule has 5 aromatic rings. The molecule has 9 nitrogen and oxygen atoms in total. The number of rotatable bonds is 6. The fourth-order valence-corrected chi connectivity index (χ4v) is 5.85. The van der Waals surface area contributed by atoms with Crippen molar-refractivity contribution in [3.8, 4) is 16.9 Å². The van der Waals surface area contributed by atoms with Gasteiger partial charge in [-0.15, -0.1) is 5.10 Å². The molecule has 1 saturated carbocycles. The van der Waals surface area contributed by atoms with Gasteiger partial charge in [0.15, 0.2) is 5.65 Å². The number of hydrogen-bond donors (Lipinski definition) is 2. The molecule has 1 saturated heterocycles. The minimum Gasteiger partial charge on any atom is -0.492 e. The van der Waals surface area contributed by atoms with Crippen molar-refractivity contribution in [2.24, 2.45) is 11.8 Å². The number of piperidine rings is 1. The van der Waals surface area contributed by atoms with Crippen LogP contribution in [0.25, 0.3) is 27.7 Å². The third-order valence-electron chi connectivity index (χ3n) is 7.48. The average Bonchev–Trinajstić information content (AvgIpc) is 3.31. The summed E-state index contributed by atoms with van der Waals surface area (Å²) < 4.78 is 21.7. The molecule has 0 bridgehead atoms. The predicted molar refractivity (Wildman–Crippen MR) is 141 cm³/mol. The number of halogens is 2. The first-order chi connectivity index (χ1) is 18.5. The molecule has 3 atom stereocenters. The Balaban J connectivity index is 1.08. The minimum atomic E-state index is -0.611. The first kappa shape index (κ1) is 23.0. The van der Waals surface area contributed by atoms with Crippen molar-refractivity contribution in [2.45, 2.75) is 13.0 Å². The molecule has 1 aliphatic carbocycles. The maximum absolute atomic E-state index is 14.1. The highest BCUT2D eigenvalue weighted by molar-refractivity contribution is 6.33. The lowest BCUT2D eigenvalue weighted by Crippen LogP contribution is -2.35. The molecule has 38 heavy (non-hydrogen) atoms. The van der Waals surface area contributed by atoms with E-state index in [-0.39, 0.29) is 16.6 Å². The molecule has 2 fully saturated rings. The largest absolute Gasteiger partial charge is 0.492 e. The highest BCUT2D eigenvalue weighted by Gasteiger charge is 2.56. The van der Waals surface area contributed by atoms with Crippen molar-refractivity contribution in [3.63, 3.8) is 0 Å². The molecule has 1 amide bonds. The molecule has 5 heterocycles. The lowest BCUT2D eigenvalue weighted by molar-refractivity contribution is 0.0943. The second kappa shape index (κ2) is 8.70. The number of benzene rings is 1. The van der Waals surface area contributed by atoms with E-state index in [4.69, 9.17) is 21.3 Å². The number of ether oxygens (including phenoxy) is 1. The second-order valence-electron chi connectivity index (χ2n) is 9.68. The minimum absolute atomic E-state index is 0.0162. The number of aromatic nitrogens is 5. The van der Waals surface area contributed by atoms with E-state index in [0.29, 0.717) is 24.1 Å². The van der Waals surface area contributed by atoms with E-state index < -0.39 is 11.7 Å². The number of pyridine rings is 2. The van der Waals surface area contributed by atoms with Gasteiger partial charge in [-0.2, -0.15) is 5.10 Å². The molecule has 0 unspecified atom stereocenters. The van der Waals surface area contributed by atoms with Crippen LogP contribution in [0.2, 0.25) is 5.02 Å². The highest BCUT2D eigenvalue weighted by Crippen LogP contribution is 2.47. The van der Waals surface area contributed by atoms with Crippen LogP contribution in [0.5, 0.6) is 5.75 Å². The zero-order valence-corrected chi connectivity index (χ0v) is 21.1. The van der Waals surface area contributed by atoms with Crippen LogP contribution in [0.1, 0.15) is 17.3 Å². The van der Waals surface area contributed by atoms with Crippen molar-refractivity contribution < 1.29 is 13.9 Å². The van der Waals surface area contributed by atoms with Gasteiger partial charge < -0.3 is 15.0 Å². The fourth-order valence-electron chi connectivity index (χ4n) is 5.60. The number of nitrogens with zero attached hydrogens (tertiary/aromatic N) is 5. The first-order valence-corrected chi connectivity index (χ1v) is 12.8. The summed E-state index contributed by atoms with van der Waals surface area (Å²) in [6.45, 7) is 4.04. The monoisotopic (exact) mass is 531 g/mol. The average molecular weight is 532 g/mol. The van der Waals surface area contributed by atoms with E-state index in [2.05, 4.69) is 31.6 Å². The highest BCUT2D eigenvalue weighted by atomic mass is 35.5. The topological polar surface area (TPSA) is 100 Å². The van der Waals surface area contributed by atoms with Crippen LogP contribution in [-0.2, 0) is 0 Å². The van der Waals surface area contributed by atoms with Crippen molar-refractivity contribution in [1.29, 1.82) is 0 Å². The molecule has 2 aliphatic rings. The van der Waals surface area contributed by atoms with Gasteiger partial charge in [0.25, 0.3) is 5.91 Å². The Morgan fingerprint density at radius 3 is 2.82 bits per heavy atom. The van der Waals surface area contributed by atoms with Gasteiger partial charge >= 0.3 is 0 Å². The summed E-state index contributed by atoms with van der Waals surface area (Å²) >= 11 is 6.05. The Bertz CT molecular complexity index is 1670. The molecule has 1 aromatic carbocycles. The first-order valence-electron chi connectivity index (χ1n) is 12.5. The van der Waals surface area contributed by atoms with E-state index >= 15 is 0 Å². The summed E-state index contributed by atoms with van der Waals surface area (Å²) in [6, 6.07) is 10.3. The van der Waals surface area contributed by atoms with E-state index in [1.165, 1.54) is 18.2 Å². The molecule has 0 radical (unpaired) electrons. The number of amides is 1. The number of carbonyl (C=O) groups excluding carboxylic acids is 1. The Labute approximate surface area is 221 Å². The van der Waals surface area contributed by atoms with Gasteiger partial charge in [-0.3, -0.25) is 9.89 Å². The van der Waals surface area contributed by atoms with Crippen molar-refractivity contribution in [3.05, 3.63) is 71.4 Å². The van der Waals surface area contributed by atoms with Crippen LogP contribution in [0.4, 0.5) is 10.2 Å². The Morgan fingerprint density at radius 1 is 1.24 bits per heavy atom. The maximum Gasteiger partial charge on any atom is 0.256 e. The number of nitrogens with one attached hydrogen (secondary N) is 2. The van der Waals surface area contributed by atoms with Crippen LogP contribution in [0.3, 0.4) is 0 Å². The van der Waals surface area contributed by atoms with Crippen LogP contribution < -0.4 is 15.0 Å². The number of fused-ring (bicyclic) bond motifs is 4. The molecule has 192 valence electrons. The summed E-state index contributed by atoms with van der Waals surface area (Å²) in [5.74, 6) is 1.13. The number of aromatic amines is 1. The Hall–Kier alpha value is -4.18. The van der Waals surface area contributed by atoms with E-state index in [9.17, 15) is 9.18 Å². The zero-order chi connectivity index (χ0) is 26.0. The van der Waals surface area contributed by atoms with E-state index in [0.717, 1.165) is 46.7 Å². The molecule has 11 heteroatoms. The smallest absolute Gasteiger partial charge is 0.256 e. The quantitative estimate of drug-likeness (QED) is 0.338. The number of anilines is 1. The lowest BCUT2D eigenvalue weighted by atomic mass is 10.1. The maximum atomic E-state index is 14.1. The lowest BCUT2D eigenvalue weighted by Gasteiger charge is -2.21. The third-order valence-corrected chi connectivity index (χ3v) is 7.79. The number of hydrogen-bond acceptors (Lipinski definition) is 6. The zero-order valence-electron chi connectivity index (χ0n) is 20.4. The van der Waals surface area contributed by atoms with Crippen molar-refractivity contribution in [2.75, 3.05) is 24.6 Å². The Kier molecular flexibility index (Phi) is 5.26. The van der Waals surface area contributed by atoms with Crippen molar-refractivity contribution >= 4 is 39.9 Å². The van der Waals surface area contributed by atoms with Crippen LogP contribution in [-0.4, -0.2) is 56.4 Å². The van der Waals surface area contributed by atoms with Crippen LogP contribution in [0, 0.1) is 17.7 Å². The third kappa shape index (κ3) is 3.66. The number of H-pyrrole nitrogens is 1. The van der Waals surface area contributed by atoms with Gasteiger partial charge in [-0.25, -0.2) is 13.9 Å². The summed E-state index contributed by atoms with van der Waals surface area (Å²) in [5, 5.41) is 15.6. The Morgan fingerprint density at radius 2 is 2.08 bits per heavy atom. The van der Waals surface area contributed by atoms with Crippen LogP contribution >= 0.6 is 11.6 Å². The molecule has 7 rings (SSSR count). The standard InChI is InChI=1S/C27H23ClFN7O2/c1-2-38-15-8-16(25-17-10-31-33-26(17)34-36(25)11-15)14-6-7-22(30-9-14)35-12-18-19(13-35)24(18)32-27(37)23-20(28)4-3-5-21(23)29/h3-11,18-19,24H,2,12-13H2,1H3,(H,32,37)(H,33,34)/t18-,19+,24+. The normalized spacial score (nSPS) is 20.2. The van der Waals surface area contributed by atoms with Gasteiger partial charge in [0.1, 0.15) is 17.4 Å². The van der Waals surface area contributed by atoms with Gasteiger partial charge in [0.2, 0.25) is 0 Å². The molecular weight excluding hydrogens is 509 g/mol. The van der Waals surface area contributed by atoms with Gasteiger partial charge in [0.05, 0.1) is 40.5 Å². The van der Waals surface area contributed by atoms with Gasteiger partial charge in [0, 0.05) is 48.3 Å². The van der Waals surface area contributed by atoms with Gasteiger partial charge in [-0.1, -0.05) is 17.7 Å².